The van der Waals surface area contributed by atoms with E-state index in [1.165, 1.54) is 13.2 Å². The van der Waals surface area contributed by atoms with Gasteiger partial charge in [0.05, 0.1) is 36.1 Å². The van der Waals surface area contributed by atoms with Gasteiger partial charge in [-0.05, 0) is 24.6 Å². The third-order valence-electron chi connectivity index (χ3n) is 3.60. The van der Waals surface area contributed by atoms with Gasteiger partial charge in [0.15, 0.2) is 11.5 Å². The second kappa shape index (κ2) is 8.44. The first-order valence-corrected chi connectivity index (χ1v) is 8.58. The van der Waals surface area contributed by atoms with E-state index in [2.05, 4.69) is 11.4 Å². The molecular weight excluding hydrogens is 344 g/mol. The van der Waals surface area contributed by atoms with Gasteiger partial charge in [0.2, 0.25) is 5.91 Å². The number of methoxy groups -OCH3 is 1. The van der Waals surface area contributed by atoms with E-state index in [0.717, 1.165) is 11.8 Å². The summed E-state index contributed by atoms with van der Waals surface area (Å²) in [5.74, 6) is -0.895. The Morgan fingerprint density at radius 2 is 2.28 bits per heavy atom. The van der Waals surface area contributed by atoms with Crippen molar-refractivity contribution < 1.29 is 24.2 Å². The molecule has 0 unspecified atom stereocenters. The molecule has 2 N–H and O–H groups in total. The molecule has 0 bridgehead atoms. The van der Waals surface area contributed by atoms with Crippen LogP contribution in [0.15, 0.2) is 28.8 Å². The minimum Gasteiger partial charge on any atom is -0.504 e. The first-order chi connectivity index (χ1) is 12.0. The van der Waals surface area contributed by atoms with Crippen LogP contribution < -0.4 is 10.1 Å². The van der Waals surface area contributed by atoms with Crippen LogP contribution in [-0.2, 0) is 14.3 Å². The number of nitrogens with zero attached hydrogens (tertiary/aromatic N) is 1. The Morgan fingerprint density at radius 1 is 1.52 bits per heavy atom. The Morgan fingerprint density at radius 3 is 2.92 bits per heavy atom. The first-order valence-electron chi connectivity index (χ1n) is 7.59. The molecule has 8 heteroatoms. The monoisotopic (exact) mass is 362 g/mol. The van der Waals surface area contributed by atoms with Crippen molar-refractivity contribution in [1.82, 2.24) is 5.32 Å². The number of phenolic OH excluding ortho intramolecular Hbond substituents is 1. The third kappa shape index (κ3) is 4.45. The van der Waals surface area contributed by atoms with Gasteiger partial charge in [-0.3, -0.25) is 9.59 Å². The maximum Gasteiger partial charge on any atom is 0.316 e. The highest BCUT2D eigenvalue weighted by Crippen LogP contribution is 2.38. The number of ether oxygens (including phenoxy) is 2. The molecule has 1 atom stereocenters. The van der Waals surface area contributed by atoms with Crippen molar-refractivity contribution in [3.8, 4) is 17.6 Å². The number of amides is 1. The second-order valence-corrected chi connectivity index (χ2v) is 6.17. The summed E-state index contributed by atoms with van der Waals surface area (Å²) in [6.07, 6.45) is 0.0975. The maximum absolute atomic E-state index is 12.0. The van der Waals surface area contributed by atoms with Crippen LogP contribution >= 0.6 is 11.8 Å². The molecule has 0 fully saturated rings. The molecule has 0 radical (unpaired) electrons. The predicted molar refractivity (Wildman–Crippen MR) is 91.9 cm³/mol. The van der Waals surface area contributed by atoms with Gasteiger partial charge >= 0.3 is 5.97 Å². The summed E-state index contributed by atoms with van der Waals surface area (Å²) in [4.78, 5) is 23.6. The number of rotatable bonds is 6. The smallest absolute Gasteiger partial charge is 0.316 e. The summed E-state index contributed by atoms with van der Waals surface area (Å²) in [7, 11) is 1.42. The van der Waals surface area contributed by atoms with E-state index in [4.69, 9.17) is 9.47 Å². The van der Waals surface area contributed by atoms with Gasteiger partial charge in [0.1, 0.15) is 0 Å². The zero-order chi connectivity index (χ0) is 18.4. The van der Waals surface area contributed by atoms with Gasteiger partial charge in [-0.2, -0.15) is 5.26 Å². The average Bonchev–Trinajstić information content (AvgIpc) is 2.60. The highest BCUT2D eigenvalue weighted by molar-refractivity contribution is 8.03. The Kier molecular flexibility index (Phi) is 6.31. The number of allylic oxidation sites excluding steroid dienone is 1. The van der Waals surface area contributed by atoms with Crippen molar-refractivity contribution >= 4 is 23.6 Å². The van der Waals surface area contributed by atoms with Gasteiger partial charge < -0.3 is 19.9 Å². The van der Waals surface area contributed by atoms with E-state index in [0.29, 0.717) is 16.2 Å². The fourth-order valence-electron chi connectivity index (χ4n) is 2.46. The quantitative estimate of drug-likeness (QED) is 0.745. The van der Waals surface area contributed by atoms with E-state index < -0.39 is 11.9 Å². The molecule has 0 saturated carbocycles. The number of benzene rings is 1. The summed E-state index contributed by atoms with van der Waals surface area (Å²) < 4.78 is 9.95. The molecule has 1 heterocycles. The molecule has 1 aromatic rings. The number of nitriles is 1. The molecule has 0 aliphatic carbocycles. The number of hydrogen-bond donors (Lipinski definition) is 2. The van der Waals surface area contributed by atoms with E-state index in [9.17, 15) is 20.0 Å². The van der Waals surface area contributed by atoms with Gasteiger partial charge in [0, 0.05) is 12.3 Å². The average molecular weight is 362 g/mol. The van der Waals surface area contributed by atoms with Crippen LogP contribution in [0.1, 0.15) is 24.8 Å². The van der Waals surface area contributed by atoms with Crippen LogP contribution in [0.4, 0.5) is 0 Å². The van der Waals surface area contributed by atoms with Gasteiger partial charge in [-0.1, -0.05) is 17.8 Å². The fourth-order valence-corrected chi connectivity index (χ4v) is 3.34. The summed E-state index contributed by atoms with van der Waals surface area (Å²) in [6, 6.07) is 6.82. The molecule has 0 spiro atoms. The van der Waals surface area contributed by atoms with Crippen LogP contribution in [-0.4, -0.2) is 36.5 Å². The SMILES string of the molecule is CCOC(=O)CSC1=C(C#N)[C@H](c2ccc(O)c(OC)c2)CC(=O)N1. The van der Waals surface area contributed by atoms with Crippen LogP contribution in [0.5, 0.6) is 11.5 Å². The number of nitrogens with one attached hydrogen (secondary N) is 1. The Bertz CT molecular complexity index is 754. The zero-order valence-corrected chi connectivity index (χ0v) is 14.7. The van der Waals surface area contributed by atoms with Crippen molar-refractivity contribution in [2.45, 2.75) is 19.3 Å². The van der Waals surface area contributed by atoms with E-state index in [1.807, 2.05) is 0 Å². The minimum atomic E-state index is -0.474. The molecule has 2 rings (SSSR count). The number of carbonyl (C=O) groups is 2. The molecule has 132 valence electrons. The number of hydrogen-bond acceptors (Lipinski definition) is 7. The van der Waals surface area contributed by atoms with E-state index in [-0.39, 0.29) is 36.2 Å². The van der Waals surface area contributed by atoms with Gasteiger partial charge in [-0.25, -0.2) is 0 Å². The highest BCUT2D eigenvalue weighted by Gasteiger charge is 2.30. The number of carbonyl (C=O) groups excluding carboxylic acids is 2. The fraction of sp³-hybridized carbons (Fsp3) is 0.353. The molecule has 7 nitrogen and oxygen atoms in total. The van der Waals surface area contributed by atoms with Crippen LogP contribution in [0, 0.1) is 11.3 Å². The first kappa shape index (κ1) is 18.7. The Balaban J connectivity index is 2.33. The maximum atomic E-state index is 12.0. The van der Waals surface area contributed by atoms with Crippen molar-refractivity contribution in [2.75, 3.05) is 19.5 Å². The van der Waals surface area contributed by atoms with Gasteiger partial charge in [0.25, 0.3) is 0 Å². The van der Waals surface area contributed by atoms with Crippen molar-refractivity contribution in [1.29, 1.82) is 5.26 Å². The molecule has 1 aromatic carbocycles. The normalized spacial score (nSPS) is 16.8. The lowest BCUT2D eigenvalue weighted by Crippen LogP contribution is -2.31. The second-order valence-electron chi connectivity index (χ2n) is 5.18. The zero-order valence-electron chi connectivity index (χ0n) is 13.9. The van der Waals surface area contributed by atoms with Crippen molar-refractivity contribution in [3.63, 3.8) is 0 Å². The summed E-state index contributed by atoms with van der Waals surface area (Å²) in [6.45, 7) is 1.98. The number of thioether (sulfide) groups is 1. The number of phenols is 1. The van der Waals surface area contributed by atoms with Gasteiger partial charge in [-0.15, -0.1) is 0 Å². The predicted octanol–water partition coefficient (Wildman–Crippen LogP) is 2.04. The van der Waals surface area contributed by atoms with Crippen LogP contribution in [0.3, 0.4) is 0 Å². The van der Waals surface area contributed by atoms with Crippen molar-refractivity contribution in [2.24, 2.45) is 0 Å². The molecule has 1 aliphatic heterocycles. The van der Waals surface area contributed by atoms with Crippen LogP contribution in [0.25, 0.3) is 0 Å². The molecule has 0 saturated heterocycles. The molecule has 1 aliphatic rings. The lowest BCUT2D eigenvalue weighted by Gasteiger charge is -2.25. The summed E-state index contributed by atoms with van der Waals surface area (Å²) in [5, 5.41) is 22.3. The lowest BCUT2D eigenvalue weighted by atomic mass is 9.87. The topological polar surface area (TPSA) is 109 Å². The largest absolute Gasteiger partial charge is 0.504 e. The standard InChI is InChI=1S/C17H18N2O5S/c1-3-24-16(22)9-25-17-12(8-18)11(7-15(21)19-17)10-4-5-13(20)14(6-10)23-2/h4-6,11,20H,3,7,9H2,1-2H3,(H,19,21)/t11-/m0/s1. The summed E-state index contributed by atoms with van der Waals surface area (Å²) in [5.41, 5.74) is 1.04. The lowest BCUT2D eigenvalue weighted by molar-refractivity contribution is -0.139. The highest BCUT2D eigenvalue weighted by atomic mass is 32.2. The molecular formula is C17H18N2O5S. The Labute approximate surface area is 149 Å². The van der Waals surface area contributed by atoms with E-state index >= 15 is 0 Å². The van der Waals surface area contributed by atoms with Crippen molar-refractivity contribution in [3.05, 3.63) is 34.4 Å². The van der Waals surface area contributed by atoms with Crippen LogP contribution in [0.2, 0.25) is 0 Å². The Hall–Kier alpha value is -2.66. The molecule has 0 aromatic heterocycles. The third-order valence-corrected chi connectivity index (χ3v) is 4.59. The number of aromatic hydroxyl groups is 1. The summed E-state index contributed by atoms with van der Waals surface area (Å²) >= 11 is 1.06. The minimum absolute atomic E-state index is 0.000250. The molecule has 25 heavy (non-hydrogen) atoms. The number of esters is 1. The molecule has 1 amide bonds. The van der Waals surface area contributed by atoms with E-state index in [1.54, 1.807) is 19.1 Å².